The highest BCUT2D eigenvalue weighted by Gasteiger charge is 2.28. The van der Waals surface area contributed by atoms with Crippen LogP contribution in [0.2, 0.25) is 0 Å². The fraction of sp³-hybridized carbons (Fsp3) is 0.333. The average Bonchev–Trinajstić information content (AvgIpc) is 3.21. The highest BCUT2D eigenvalue weighted by Crippen LogP contribution is 2.31. The Labute approximate surface area is 328 Å². The Bertz CT molecular complexity index is 2210. The summed E-state index contributed by atoms with van der Waals surface area (Å²) in [7, 11) is 0. The van der Waals surface area contributed by atoms with E-state index in [1.54, 1.807) is 31.2 Å². The minimum atomic E-state index is -0.559. The first-order chi connectivity index (χ1) is 27.1. The number of hydrogen-bond acceptors (Lipinski definition) is 11. The molecule has 5 N–H and O–H groups in total. The van der Waals surface area contributed by atoms with Crippen LogP contribution in [-0.4, -0.2) is 37.5 Å². The van der Waals surface area contributed by atoms with Crippen molar-refractivity contribution in [3.63, 3.8) is 0 Å². The van der Waals surface area contributed by atoms with Gasteiger partial charge in [0.2, 0.25) is 0 Å². The molecule has 0 heterocycles. The van der Waals surface area contributed by atoms with Crippen LogP contribution < -0.4 is 36.8 Å². The number of unbranched alkanes of at least 4 members (excludes halogenated alkanes) is 3. The fourth-order valence-electron chi connectivity index (χ4n) is 6.59. The van der Waals surface area contributed by atoms with Crippen LogP contribution >= 0.6 is 0 Å². The maximum absolute atomic E-state index is 13.2. The molecule has 1 saturated carbocycles. The third-order valence-electron chi connectivity index (χ3n) is 9.75. The molecule has 4 aromatic rings. The lowest BCUT2D eigenvalue weighted by molar-refractivity contribution is -0.139. The first-order valence-electron chi connectivity index (χ1n) is 19.1. The van der Waals surface area contributed by atoms with Gasteiger partial charge in [0.25, 0.3) is 0 Å². The molecule has 292 valence electrons. The van der Waals surface area contributed by atoms with Crippen molar-refractivity contribution in [2.75, 3.05) is 13.2 Å². The fourth-order valence-corrected chi connectivity index (χ4v) is 6.59. The normalized spacial score (nSPS) is 17.6. The first-order valence-corrected chi connectivity index (χ1v) is 19.1. The highest BCUT2D eigenvalue weighted by atomic mass is 16.5. The van der Waals surface area contributed by atoms with Crippen LogP contribution in [-0.2, 0) is 20.9 Å². The second-order valence-electron chi connectivity index (χ2n) is 14.2. The van der Waals surface area contributed by atoms with Gasteiger partial charge < -0.3 is 30.4 Å². The van der Waals surface area contributed by atoms with Gasteiger partial charge in [0, 0.05) is 34.3 Å². The molecule has 0 spiro atoms. The molecule has 0 saturated heterocycles. The number of esters is 2. The number of hydrogen-bond donors (Lipinski definition) is 3. The summed E-state index contributed by atoms with van der Waals surface area (Å²) in [5.41, 5.74) is 16.8. The van der Waals surface area contributed by atoms with Gasteiger partial charge in [-0.15, -0.1) is 0 Å². The van der Waals surface area contributed by atoms with Crippen LogP contribution in [0.15, 0.2) is 96.1 Å². The number of fused-ring (bicyclic) bond motifs is 1. The van der Waals surface area contributed by atoms with Crippen LogP contribution in [0.25, 0.3) is 22.8 Å². The Morgan fingerprint density at radius 1 is 0.982 bits per heavy atom. The Balaban J connectivity index is 1.12. The first kappa shape index (κ1) is 41.1. The number of nitrogens with zero attached hydrogens (tertiary/aromatic N) is 2. The maximum atomic E-state index is 13.2. The molecule has 0 aliphatic heterocycles. The Morgan fingerprint density at radius 2 is 1.75 bits per heavy atom. The molecule has 11 nitrogen and oxygen atoms in total. The average molecular weight is 758 g/mol. The number of carbonyl (C=O) groups is 2. The number of ether oxygens (including phenoxy) is 4. The predicted molar refractivity (Wildman–Crippen MR) is 218 cm³/mol. The van der Waals surface area contributed by atoms with Gasteiger partial charge in [-0.25, -0.2) is 9.59 Å². The van der Waals surface area contributed by atoms with Crippen molar-refractivity contribution >= 4 is 40.9 Å². The molecule has 56 heavy (non-hydrogen) atoms. The summed E-state index contributed by atoms with van der Waals surface area (Å²) in [6.45, 7) is 8.70. The zero-order valence-corrected chi connectivity index (χ0v) is 32.2. The zero-order valence-electron chi connectivity index (χ0n) is 32.2. The van der Waals surface area contributed by atoms with E-state index in [2.05, 4.69) is 30.1 Å². The van der Waals surface area contributed by atoms with Gasteiger partial charge in [-0.2, -0.15) is 10.4 Å². The molecular formula is C45H51N5O6. The van der Waals surface area contributed by atoms with E-state index in [1.165, 1.54) is 6.20 Å². The number of rotatable bonds is 17. The number of benzene rings is 4. The topological polar surface area (TPSA) is 171 Å². The van der Waals surface area contributed by atoms with Crippen molar-refractivity contribution in [3.8, 4) is 17.6 Å². The minimum Gasteiger partial charge on any atom is -0.494 e. The summed E-state index contributed by atoms with van der Waals surface area (Å²) in [5, 5.41) is 17.8. The number of nitriles is 1. The van der Waals surface area contributed by atoms with Crippen molar-refractivity contribution < 1.29 is 28.5 Å². The van der Waals surface area contributed by atoms with E-state index >= 15 is 0 Å². The van der Waals surface area contributed by atoms with Crippen molar-refractivity contribution in [1.29, 1.82) is 5.26 Å². The summed E-state index contributed by atoms with van der Waals surface area (Å²) in [5.74, 6) is 1.02. The second kappa shape index (κ2) is 20.5. The molecule has 3 atom stereocenters. The van der Waals surface area contributed by atoms with E-state index in [0.29, 0.717) is 42.7 Å². The molecular weight excluding hydrogens is 707 g/mol. The second-order valence-corrected chi connectivity index (χ2v) is 14.2. The molecule has 1 aliphatic carbocycles. The maximum Gasteiger partial charge on any atom is 0.343 e. The zero-order chi connectivity index (χ0) is 39.9. The largest absolute Gasteiger partial charge is 0.494 e. The molecule has 5 rings (SSSR count). The lowest BCUT2D eigenvalue weighted by atomic mass is 9.81. The number of hydrazone groups is 1. The van der Waals surface area contributed by atoms with E-state index in [1.807, 2.05) is 60.8 Å². The standard InChI is InChI=1S/C45H51N5O6/c1-30(2)44(51)54-21-9-5-4-8-20-53-39-17-16-33-24-35(15-14-34(33)25-39)45(52)56-42-19-13-32(23-37(42)27-47)29-55-41-18-12-31(3)22-38(41)28-49-50-43(48)40-11-7-6-10-36(40)26-46/h6-7,10-11,13-17,19,23-26,28,31,38,41,50H,1,4-5,8-9,12,18,20-22,29,46,48H2,2-3H3/b36-26-,43-40+,49-28+. The third kappa shape index (κ3) is 11.7. The molecule has 4 aromatic carbocycles. The smallest absolute Gasteiger partial charge is 0.343 e. The molecule has 0 amide bonds. The summed E-state index contributed by atoms with van der Waals surface area (Å²) in [4.78, 5) is 24.6. The van der Waals surface area contributed by atoms with Crippen LogP contribution in [0.1, 0.15) is 80.3 Å². The SMILES string of the molecule is C=C(C)C(=O)OCCCCCCOc1ccc2cc(C(=O)Oc3ccc(COC4CCC(C)CC4/C=N/N/C(N)=c4\cccc\c4=C\N)cc3C#N)ccc2c1. The van der Waals surface area contributed by atoms with Gasteiger partial charge in [0.15, 0.2) is 0 Å². The summed E-state index contributed by atoms with van der Waals surface area (Å²) in [6, 6.07) is 25.9. The Morgan fingerprint density at radius 3 is 2.54 bits per heavy atom. The molecule has 0 bridgehead atoms. The summed E-state index contributed by atoms with van der Waals surface area (Å²) < 4.78 is 23.1. The van der Waals surface area contributed by atoms with E-state index in [4.69, 9.17) is 30.4 Å². The van der Waals surface area contributed by atoms with Crippen molar-refractivity contribution in [2.24, 2.45) is 28.4 Å². The van der Waals surface area contributed by atoms with Gasteiger partial charge >= 0.3 is 11.9 Å². The predicted octanol–water partition coefficient (Wildman–Crippen LogP) is 6.31. The van der Waals surface area contributed by atoms with Crippen LogP contribution in [0, 0.1) is 23.2 Å². The van der Waals surface area contributed by atoms with E-state index in [-0.39, 0.29) is 29.3 Å². The van der Waals surface area contributed by atoms with E-state index in [9.17, 15) is 14.9 Å². The minimum absolute atomic E-state index is 0.0658. The number of carbonyl (C=O) groups excluding carboxylic acids is 2. The van der Waals surface area contributed by atoms with Gasteiger partial charge in [-0.05, 0) is 111 Å². The molecule has 0 radical (unpaired) electrons. The van der Waals surface area contributed by atoms with Gasteiger partial charge in [0.1, 0.15) is 23.4 Å². The molecule has 1 aliphatic rings. The lowest BCUT2D eigenvalue weighted by Gasteiger charge is -2.32. The van der Waals surface area contributed by atoms with Gasteiger partial charge in [0.05, 0.1) is 37.1 Å². The lowest BCUT2D eigenvalue weighted by Crippen LogP contribution is -2.35. The van der Waals surface area contributed by atoms with Crippen LogP contribution in [0.5, 0.6) is 11.5 Å². The van der Waals surface area contributed by atoms with Crippen molar-refractivity contribution in [3.05, 3.63) is 118 Å². The quantitative estimate of drug-likeness (QED) is 0.0277. The third-order valence-corrected chi connectivity index (χ3v) is 9.75. The van der Waals surface area contributed by atoms with E-state index < -0.39 is 5.97 Å². The molecule has 1 fully saturated rings. The van der Waals surface area contributed by atoms with Gasteiger partial charge in [-0.1, -0.05) is 56.0 Å². The van der Waals surface area contributed by atoms with Gasteiger partial charge in [-0.3, -0.25) is 5.43 Å². The molecule has 11 heteroatoms. The highest BCUT2D eigenvalue weighted by molar-refractivity contribution is 5.97. The summed E-state index contributed by atoms with van der Waals surface area (Å²) in [6.07, 6.45) is 9.73. The number of nitrogens with two attached hydrogens (primary N) is 2. The van der Waals surface area contributed by atoms with Crippen molar-refractivity contribution in [2.45, 2.75) is 71.5 Å². The number of nitrogens with one attached hydrogen (secondary N) is 1. The van der Waals surface area contributed by atoms with Crippen LogP contribution in [0.3, 0.4) is 0 Å². The Kier molecular flexibility index (Phi) is 15.0. The van der Waals surface area contributed by atoms with E-state index in [0.717, 1.165) is 77.5 Å². The molecule has 3 unspecified atom stereocenters. The van der Waals surface area contributed by atoms with Crippen LogP contribution in [0.4, 0.5) is 0 Å². The Hall–Kier alpha value is -6.12. The van der Waals surface area contributed by atoms with Crippen molar-refractivity contribution in [1.82, 2.24) is 5.43 Å². The monoisotopic (exact) mass is 757 g/mol. The molecule has 0 aromatic heterocycles. The summed E-state index contributed by atoms with van der Waals surface area (Å²) >= 11 is 0.